The first kappa shape index (κ1) is 17.4. The summed E-state index contributed by atoms with van der Waals surface area (Å²) in [5, 5.41) is 3.09. The lowest BCUT2D eigenvalue weighted by Gasteiger charge is -2.42. The van der Waals surface area contributed by atoms with Gasteiger partial charge in [0.15, 0.2) is 5.69 Å². The van der Waals surface area contributed by atoms with Crippen molar-refractivity contribution in [1.29, 1.82) is 0 Å². The third-order valence-corrected chi connectivity index (χ3v) is 5.37. The second-order valence-corrected chi connectivity index (χ2v) is 7.01. The molecule has 2 amide bonds. The number of hydrogen-bond acceptors (Lipinski definition) is 5. The zero-order chi connectivity index (χ0) is 18.2. The smallest absolute Gasteiger partial charge is 0.359 e. The molecular weight excluding hydrogens is 324 g/mol. The van der Waals surface area contributed by atoms with Crippen LogP contribution >= 0.6 is 0 Å². The molecular formula is C17H24N4O4. The van der Waals surface area contributed by atoms with Crippen molar-refractivity contribution < 1.29 is 19.1 Å². The highest BCUT2D eigenvalue weighted by Crippen LogP contribution is 2.28. The number of carbonyl (C=O) groups excluding carboxylic acids is 3. The van der Waals surface area contributed by atoms with Gasteiger partial charge in [0.2, 0.25) is 5.91 Å². The maximum absolute atomic E-state index is 12.9. The van der Waals surface area contributed by atoms with E-state index in [1.165, 1.54) is 24.8 Å². The number of likely N-dealkylation sites (N-methyl/N-ethyl adjacent to an activating group) is 1. The molecule has 0 spiro atoms. The van der Waals surface area contributed by atoms with Crippen LogP contribution in [0.2, 0.25) is 0 Å². The molecule has 0 radical (unpaired) electrons. The van der Waals surface area contributed by atoms with Crippen LogP contribution in [0.25, 0.3) is 0 Å². The second kappa shape index (κ2) is 6.50. The molecule has 1 aromatic rings. The summed E-state index contributed by atoms with van der Waals surface area (Å²) in [6, 6.07) is 0.163. The van der Waals surface area contributed by atoms with Crippen LogP contribution < -0.4 is 5.32 Å². The summed E-state index contributed by atoms with van der Waals surface area (Å²) in [7, 11) is 2.83. The first-order valence-electron chi connectivity index (χ1n) is 8.61. The summed E-state index contributed by atoms with van der Waals surface area (Å²) >= 11 is 0. The van der Waals surface area contributed by atoms with E-state index in [2.05, 4.69) is 15.0 Å². The molecule has 1 aromatic heterocycles. The van der Waals surface area contributed by atoms with Crippen LogP contribution in [-0.2, 0) is 16.1 Å². The molecule has 1 aliphatic carbocycles. The summed E-state index contributed by atoms with van der Waals surface area (Å²) in [5.74, 6) is -1.24. The Morgan fingerprint density at radius 3 is 2.64 bits per heavy atom. The lowest BCUT2D eigenvalue weighted by Crippen LogP contribution is -2.63. The maximum atomic E-state index is 12.9. The van der Waals surface area contributed by atoms with Crippen molar-refractivity contribution in [3.63, 3.8) is 0 Å². The number of aromatic nitrogens is 2. The van der Waals surface area contributed by atoms with Crippen molar-refractivity contribution in [2.75, 3.05) is 14.2 Å². The molecule has 8 heteroatoms. The number of methoxy groups -OCH3 is 1. The summed E-state index contributed by atoms with van der Waals surface area (Å²) in [4.78, 5) is 42.9. The first-order chi connectivity index (χ1) is 11.9. The Morgan fingerprint density at radius 2 is 2.00 bits per heavy atom. The van der Waals surface area contributed by atoms with Crippen LogP contribution in [0.3, 0.4) is 0 Å². The van der Waals surface area contributed by atoms with Gasteiger partial charge in [-0.3, -0.25) is 9.59 Å². The zero-order valence-corrected chi connectivity index (χ0v) is 14.9. The zero-order valence-electron chi connectivity index (χ0n) is 14.9. The van der Waals surface area contributed by atoms with Gasteiger partial charge in [-0.1, -0.05) is 19.3 Å². The van der Waals surface area contributed by atoms with E-state index >= 15 is 0 Å². The van der Waals surface area contributed by atoms with E-state index in [0.717, 1.165) is 25.7 Å². The lowest BCUT2D eigenvalue weighted by atomic mass is 9.91. The number of nitrogens with zero attached hydrogens (tertiary/aromatic N) is 3. The minimum atomic E-state index is -1.03. The molecule has 2 heterocycles. The summed E-state index contributed by atoms with van der Waals surface area (Å²) in [6.45, 7) is 1.98. The fraction of sp³-hybridized carbons (Fsp3) is 0.647. The standard InChI is InChI=1S/C17H24N4O4/c1-17(16(24)19-11-7-5-4-6-8-11)9-21-10-18-12(15(23)25-3)13(21)14(22)20(17)2/h10-11H,4-9H2,1-3H3,(H,19,24). The van der Waals surface area contributed by atoms with Gasteiger partial charge in [0.1, 0.15) is 11.2 Å². The molecule has 1 atom stereocenters. The van der Waals surface area contributed by atoms with E-state index in [4.69, 9.17) is 0 Å². The minimum Gasteiger partial charge on any atom is -0.464 e. The maximum Gasteiger partial charge on any atom is 0.359 e. The van der Waals surface area contributed by atoms with Gasteiger partial charge in [0.05, 0.1) is 20.0 Å². The SMILES string of the molecule is COC(=O)c1ncn2c1C(=O)N(C)C(C)(C(=O)NC1CCCCC1)C2. The molecule has 0 bridgehead atoms. The molecule has 3 rings (SSSR count). The second-order valence-electron chi connectivity index (χ2n) is 7.01. The number of ether oxygens (including phenoxy) is 1. The Kier molecular flexibility index (Phi) is 4.53. The Balaban J connectivity index is 1.86. The molecule has 1 saturated carbocycles. The highest BCUT2D eigenvalue weighted by Gasteiger charge is 2.47. The number of nitrogens with one attached hydrogen (secondary N) is 1. The average molecular weight is 348 g/mol. The van der Waals surface area contributed by atoms with Crippen LogP contribution in [0.1, 0.15) is 60.0 Å². The van der Waals surface area contributed by atoms with Crippen LogP contribution in [-0.4, -0.2) is 58.0 Å². The van der Waals surface area contributed by atoms with Crippen molar-refractivity contribution in [3.05, 3.63) is 17.7 Å². The Bertz CT molecular complexity index is 708. The van der Waals surface area contributed by atoms with Crippen molar-refractivity contribution >= 4 is 17.8 Å². The van der Waals surface area contributed by atoms with Gasteiger partial charge in [-0.2, -0.15) is 0 Å². The highest BCUT2D eigenvalue weighted by atomic mass is 16.5. The molecule has 136 valence electrons. The number of rotatable bonds is 3. The van der Waals surface area contributed by atoms with Crippen LogP contribution in [0, 0.1) is 0 Å². The molecule has 0 aromatic carbocycles. The van der Waals surface area contributed by atoms with E-state index in [-0.39, 0.29) is 29.9 Å². The van der Waals surface area contributed by atoms with Gasteiger partial charge in [0, 0.05) is 13.1 Å². The topological polar surface area (TPSA) is 93.5 Å². The van der Waals surface area contributed by atoms with Gasteiger partial charge >= 0.3 is 5.97 Å². The molecule has 1 aliphatic heterocycles. The largest absolute Gasteiger partial charge is 0.464 e. The van der Waals surface area contributed by atoms with Crippen molar-refractivity contribution in [2.45, 2.75) is 57.2 Å². The third kappa shape index (κ3) is 2.89. The average Bonchev–Trinajstić information content (AvgIpc) is 3.03. The lowest BCUT2D eigenvalue weighted by molar-refractivity contribution is -0.133. The van der Waals surface area contributed by atoms with Crippen molar-refractivity contribution in [2.24, 2.45) is 0 Å². The monoisotopic (exact) mass is 348 g/mol. The van der Waals surface area contributed by atoms with E-state index in [1.807, 2.05) is 0 Å². The first-order valence-corrected chi connectivity index (χ1v) is 8.61. The van der Waals surface area contributed by atoms with Crippen LogP contribution in [0.5, 0.6) is 0 Å². The van der Waals surface area contributed by atoms with Gasteiger partial charge in [-0.25, -0.2) is 9.78 Å². The van der Waals surface area contributed by atoms with Crippen molar-refractivity contribution in [3.8, 4) is 0 Å². The number of hydrogen-bond donors (Lipinski definition) is 1. The summed E-state index contributed by atoms with van der Waals surface area (Å²) < 4.78 is 6.24. The van der Waals surface area contributed by atoms with Gasteiger partial charge in [0.25, 0.3) is 5.91 Å². The molecule has 1 unspecified atom stereocenters. The normalized spacial score (nSPS) is 24.0. The van der Waals surface area contributed by atoms with Crippen LogP contribution in [0.4, 0.5) is 0 Å². The summed E-state index contributed by atoms with van der Waals surface area (Å²) in [5.41, 5.74) is -0.887. The van der Waals surface area contributed by atoms with E-state index in [0.29, 0.717) is 0 Å². The number of imidazole rings is 1. The number of esters is 1. The van der Waals surface area contributed by atoms with Gasteiger partial charge in [-0.05, 0) is 19.8 Å². The Labute approximate surface area is 146 Å². The van der Waals surface area contributed by atoms with Crippen molar-refractivity contribution in [1.82, 2.24) is 19.8 Å². The van der Waals surface area contributed by atoms with Gasteiger partial charge in [-0.15, -0.1) is 0 Å². The fourth-order valence-corrected chi connectivity index (χ4v) is 3.61. The quantitative estimate of drug-likeness (QED) is 0.821. The van der Waals surface area contributed by atoms with E-state index < -0.39 is 17.4 Å². The number of carbonyl (C=O) groups is 3. The van der Waals surface area contributed by atoms with E-state index in [9.17, 15) is 14.4 Å². The minimum absolute atomic E-state index is 0.0194. The summed E-state index contributed by atoms with van der Waals surface area (Å²) in [6.07, 6.45) is 6.80. The Morgan fingerprint density at radius 1 is 1.32 bits per heavy atom. The highest BCUT2D eigenvalue weighted by molar-refractivity contribution is 6.06. The van der Waals surface area contributed by atoms with Crippen LogP contribution in [0.15, 0.2) is 6.33 Å². The molecule has 1 fully saturated rings. The molecule has 1 N–H and O–H groups in total. The molecule has 25 heavy (non-hydrogen) atoms. The fourth-order valence-electron chi connectivity index (χ4n) is 3.61. The van der Waals surface area contributed by atoms with Gasteiger partial charge < -0.3 is 19.5 Å². The molecule has 8 nitrogen and oxygen atoms in total. The predicted molar refractivity (Wildman–Crippen MR) is 89.1 cm³/mol. The molecule has 0 saturated heterocycles. The predicted octanol–water partition coefficient (Wildman–Crippen LogP) is 0.963. The number of fused-ring (bicyclic) bond motifs is 1. The Hall–Kier alpha value is -2.38. The number of amides is 2. The van der Waals surface area contributed by atoms with E-state index in [1.54, 1.807) is 18.5 Å². The molecule has 2 aliphatic rings. The third-order valence-electron chi connectivity index (χ3n) is 5.37.